The predicted octanol–water partition coefficient (Wildman–Crippen LogP) is 1.80. The van der Waals surface area contributed by atoms with E-state index >= 15 is 0 Å². The summed E-state index contributed by atoms with van der Waals surface area (Å²) in [7, 11) is 0. The SMILES string of the molecule is CCOCC(C)N1CNC(CCc2ccccc2)C1=O. The molecule has 0 bridgehead atoms. The largest absolute Gasteiger partial charge is 0.380 e. The van der Waals surface area contributed by atoms with Gasteiger partial charge in [-0.15, -0.1) is 0 Å². The van der Waals surface area contributed by atoms with Crippen LogP contribution in [0.15, 0.2) is 30.3 Å². The van der Waals surface area contributed by atoms with E-state index in [0.717, 1.165) is 12.8 Å². The van der Waals surface area contributed by atoms with Crippen molar-refractivity contribution in [1.29, 1.82) is 0 Å². The summed E-state index contributed by atoms with van der Waals surface area (Å²) < 4.78 is 5.40. The lowest BCUT2D eigenvalue weighted by molar-refractivity contribution is -0.131. The zero-order chi connectivity index (χ0) is 14.4. The van der Waals surface area contributed by atoms with Crippen molar-refractivity contribution in [2.45, 2.75) is 38.8 Å². The molecule has 0 saturated carbocycles. The maximum atomic E-state index is 12.3. The van der Waals surface area contributed by atoms with Crippen molar-refractivity contribution in [2.75, 3.05) is 19.9 Å². The summed E-state index contributed by atoms with van der Waals surface area (Å²) in [5.41, 5.74) is 1.28. The van der Waals surface area contributed by atoms with Crippen LogP contribution in [0, 0.1) is 0 Å². The highest BCUT2D eigenvalue weighted by Crippen LogP contribution is 2.14. The first-order chi connectivity index (χ1) is 9.72. The van der Waals surface area contributed by atoms with Gasteiger partial charge in [0.1, 0.15) is 0 Å². The quantitative estimate of drug-likeness (QED) is 0.825. The molecule has 1 aromatic carbocycles. The van der Waals surface area contributed by atoms with E-state index < -0.39 is 0 Å². The van der Waals surface area contributed by atoms with Crippen LogP contribution in [0.5, 0.6) is 0 Å². The Morgan fingerprint density at radius 3 is 2.85 bits per heavy atom. The Morgan fingerprint density at radius 2 is 2.15 bits per heavy atom. The Labute approximate surface area is 121 Å². The number of rotatable bonds is 7. The van der Waals surface area contributed by atoms with Crippen LogP contribution in [0.25, 0.3) is 0 Å². The van der Waals surface area contributed by atoms with Gasteiger partial charge in [0.25, 0.3) is 0 Å². The standard InChI is InChI=1S/C16H24N2O2/c1-3-20-11-13(2)18-12-17-15(16(18)19)10-9-14-7-5-4-6-8-14/h4-8,13,15,17H,3,9-12H2,1-2H3. The highest BCUT2D eigenvalue weighted by Gasteiger charge is 2.33. The number of carbonyl (C=O) groups is 1. The van der Waals surface area contributed by atoms with Crippen LogP contribution < -0.4 is 5.32 Å². The van der Waals surface area contributed by atoms with Gasteiger partial charge in [-0.05, 0) is 32.3 Å². The zero-order valence-corrected chi connectivity index (χ0v) is 12.3. The summed E-state index contributed by atoms with van der Waals surface area (Å²) in [5.74, 6) is 0.202. The van der Waals surface area contributed by atoms with Gasteiger partial charge in [0.05, 0.1) is 25.4 Å². The van der Waals surface area contributed by atoms with Crippen molar-refractivity contribution < 1.29 is 9.53 Å². The number of nitrogens with one attached hydrogen (secondary N) is 1. The molecule has 20 heavy (non-hydrogen) atoms. The Hall–Kier alpha value is -1.39. The molecular weight excluding hydrogens is 252 g/mol. The van der Waals surface area contributed by atoms with Crippen LogP contribution in [0.1, 0.15) is 25.8 Å². The van der Waals surface area contributed by atoms with Gasteiger partial charge in [0.2, 0.25) is 5.91 Å². The van der Waals surface area contributed by atoms with Gasteiger partial charge >= 0.3 is 0 Å². The lowest BCUT2D eigenvalue weighted by Crippen LogP contribution is -2.39. The average Bonchev–Trinajstić information content (AvgIpc) is 2.85. The van der Waals surface area contributed by atoms with Crippen LogP contribution in [-0.2, 0) is 16.0 Å². The summed E-state index contributed by atoms with van der Waals surface area (Å²) in [6.07, 6.45) is 1.78. The third-order valence-corrected chi connectivity index (χ3v) is 3.75. The second kappa shape index (κ2) is 7.41. The van der Waals surface area contributed by atoms with E-state index in [2.05, 4.69) is 17.4 Å². The van der Waals surface area contributed by atoms with E-state index in [1.165, 1.54) is 5.56 Å². The molecule has 1 aliphatic heterocycles. The Kier molecular flexibility index (Phi) is 5.56. The van der Waals surface area contributed by atoms with Gasteiger partial charge in [0, 0.05) is 6.61 Å². The van der Waals surface area contributed by atoms with Crippen LogP contribution in [0.4, 0.5) is 0 Å². The van der Waals surface area contributed by atoms with Gasteiger partial charge in [-0.25, -0.2) is 0 Å². The summed E-state index contributed by atoms with van der Waals surface area (Å²) in [6, 6.07) is 10.4. The first-order valence-electron chi connectivity index (χ1n) is 7.38. The number of ether oxygens (including phenoxy) is 1. The molecule has 0 radical (unpaired) electrons. The maximum absolute atomic E-state index is 12.3. The first kappa shape index (κ1) is 15.0. The minimum Gasteiger partial charge on any atom is -0.380 e. The molecule has 4 nitrogen and oxygen atoms in total. The molecular formula is C16H24N2O2. The van der Waals surface area contributed by atoms with Crippen molar-refractivity contribution in [1.82, 2.24) is 10.2 Å². The topological polar surface area (TPSA) is 41.6 Å². The molecule has 4 heteroatoms. The molecule has 2 atom stereocenters. The van der Waals surface area contributed by atoms with Gasteiger partial charge in [-0.1, -0.05) is 30.3 Å². The monoisotopic (exact) mass is 276 g/mol. The van der Waals surface area contributed by atoms with E-state index in [1.54, 1.807) is 0 Å². The molecule has 1 saturated heterocycles. The first-order valence-corrected chi connectivity index (χ1v) is 7.38. The van der Waals surface area contributed by atoms with Crippen molar-refractivity contribution >= 4 is 5.91 Å². The molecule has 1 aliphatic rings. The number of hydrogen-bond donors (Lipinski definition) is 1. The molecule has 2 rings (SSSR count). The van der Waals surface area contributed by atoms with Gasteiger partial charge < -0.3 is 9.64 Å². The fraction of sp³-hybridized carbons (Fsp3) is 0.562. The third-order valence-electron chi connectivity index (χ3n) is 3.75. The smallest absolute Gasteiger partial charge is 0.241 e. The number of hydrogen-bond acceptors (Lipinski definition) is 3. The van der Waals surface area contributed by atoms with E-state index in [1.807, 2.05) is 36.9 Å². The number of benzene rings is 1. The molecule has 0 spiro atoms. The lowest BCUT2D eigenvalue weighted by atomic mass is 10.1. The molecule has 0 aliphatic carbocycles. The number of nitrogens with zero attached hydrogens (tertiary/aromatic N) is 1. The predicted molar refractivity (Wildman–Crippen MR) is 79.4 cm³/mol. The normalized spacial score (nSPS) is 20.4. The van der Waals surface area contributed by atoms with Gasteiger partial charge in [-0.3, -0.25) is 10.1 Å². The Balaban J connectivity index is 1.82. The van der Waals surface area contributed by atoms with E-state index in [9.17, 15) is 4.79 Å². The maximum Gasteiger partial charge on any atom is 0.241 e. The minimum absolute atomic E-state index is 0.0562. The number of aryl methyl sites for hydroxylation is 1. The molecule has 1 heterocycles. The third kappa shape index (κ3) is 3.81. The summed E-state index contributed by atoms with van der Waals surface area (Å²) in [5, 5.41) is 3.30. The van der Waals surface area contributed by atoms with Crippen LogP contribution in [-0.4, -0.2) is 42.8 Å². The highest BCUT2D eigenvalue weighted by molar-refractivity contribution is 5.84. The fourth-order valence-corrected chi connectivity index (χ4v) is 2.51. The molecule has 1 fully saturated rings. The van der Waals surface area contributed by atoms with E-state index in [0.29, 0.717) is 19.9 Å². The van der Waals surface area contributed by atoms with Crippen LogP contribution in [0.2, 0.25) is 0 Å². The van der Waals surface area contributed by atoms with Crippen molar-refractivity contribution in [3.8, 4) is 0 Å². The zero-order valence-electron chi connectivity index (χ0n) is 12.3. The molecule has 1 amide bonds. The Morgan fingerprint density at radius 1 is 1.40 bits per heavy atom. The molecule has 1 aromatic rings. The average molecular weight is 276 g/mol. The minimum atomic E-state index is -0.0562. The number of amides is 1. The van der Waals surface area contributed by atoms with Crippen LogP contribution >= 0.6 is 0 Å². The van der Waals surface area contributed by atoms with Crippen molar-refractivity contribution in [3.63, 3.8) is 0 Å². The number of carbonyl (C=O) groups excluding carboxylic acids is 1. The van der Waals surface area contributed by atoms with Crippen LogP contribution in [0.3, 0.4) is 0 Å². The Bertz CT molecular complexity index is 422. The lowest BCUT2D eigenvalue weighted by Gasteiger charge is -2.23. The van der Waals surface area contributed by atoms with E-state index in [4.69, 9.17) is 4.74 Å². The molecule has 1 N–H and O–H groups in total. The van der Waals surface area contributed by atoms with Crippen molar-refractivity contribution in [3.05, 3.63) is 35.9 Å². The van der Waals surface area contributed by atoms with Gasteiger partial charge in [-0.2, -0.15) is 0 Å². The summed E-state index contributed by atoms with van der Waals surface area (Å²) in [4.78, 5) is 14.2. The fourth-order valence-electron chi connectivity index (χ4n) is 2.51. The molecule has 110 valence electrons. The second-order valence-corrected chi connectivity index (χ2v) is 5.26. The molecule has 2 unspecified atom stereocenters. The summed E-state index contributed by atoms with van der Waals surface area (Å²) >= 11 is 0. The highest BCUT2D eigenvalue weighted by atomic mass is 16.5. The second-order valence-electron chi connectivity index (χ2n) is 5.26. The van der Waals surface area contributed by atoms with E-state index in [-0.39, 0.29) is 18.0 Å². The molecule has 0 aromatic heterocycles. The van der Waals surface area contributed by atoms with Gasteiger partial charge in [0.15, 0.2) is 0 Å². The summed E-state index contributed by atoms with van der Waals surface area (Å²) in [6.45, 7) is 5.94. The van der Waals surface area contributed by atoms with Crippen molar-refractivity contribution in [2.24, 2.45) is 0 Å².